The van der Waals surface area contributed by atoms with Crippen LogP contribution in [0.2, 0.25) is 0 Å². The maximum atomic E-state index is 11.6. The Balaban J connectivity index is 0.00000392. The van der Waals surface area contributed by atoms with Gasteiger partial charge < -0.3 is 40.0 Å². The van der Waals surface area contributed by atoms with Crippen LogP contribution in [0.4, 0.5) is 0 Å². The molecule has 0 aliphatic carbocycles. The molecule has 0 aromatic carbocycles. The number of carboxylic acid groups (broad SMARTS) is 1. The Morgan fingerprint density at radius 3 is 2.68 bits per heavy atom. The van der Waals surface area contributed by atoms with Crippen molar-refractivity contribution in [3.05, 3.63) is 23.7 Å². The van der Waals surface area contributed by atoms with Gasteiger partial charge in [0.1, 0.15) is 35.7 Å². The van der Waals surface area contributed by atoms with Crippen LogP contribution in [0.15, 0.2) is 18.0 Å². The first-order chi connectivity index (χ1) is 12.8. The van der Waals surface area contributed by atoms with Crippen LogP contribution in [0.1, 0.15) is 18.7 Å². The smallest absolute Gasteiger partial charge is 0.542 e. The molecule has 0 fully saturated rings. The van der Waals surface area contributed by atoms with Crippen LogP contribution < -0.4 is 40.0 Å². The van der Waals surface area contributed by atoms with Crippen molar-refractivity contribution in [2.45, 2.75) is 43.9 Å². The summed E-state index contributed by atoms with van der Waals surface area (Å²) in [6, 6.07) is -1.96. The number of carboxylic acids is 1. The predicted molar refractivity (Wildman–Crippen MR) is 84.4 cm³/mol. The van der Waals surface area contributed by atoms with E-state index in [1.807, 2.05) is 0 Å². The first kappa shape index (κ1) is 24.5. The number of carbonyl (C=O) groups is 2. The number of aromatic nitrogens is 3. The monoisotopic (exact) mass is 408 g/mol. The van der Waals surface area contributed by atoms with Crippen molar-refractivity contribution in [1.29, 1.82) is 0 Å². The summed E-state index contributed by atoms with van der Waals surface area (Å²) in [7, 11) is 1.46. The minimum Gasteiger partial charge on any atom is -0.542 e. The molecule has 1 aliphatic heterocycles. The Morgan fingerprint density at radius 2 is 2.14 bits per heavy atom. The number of rotatable bonds is 8. The van der Waals surface area contributed by atoms with Crippen LogP contribution in [0.25, 0.3) is 0 Å². The van der Waals surface area contributed by atoms with Gasteiger partial charge in [-0.3, -0.25) is 4.79 Å². The molecule has 2 heterocycles. The van der Waals surface area contributed by atoms with Crippen LogP contribution in [-0.4, -0.2) is 80.3 Å². The molecule has 0 saturated heterocycles. The number of aliphatic hydroxyl groups is 3. The van der Waals surface area contributed by atoms with E-state index in [1.54, 1.807) is 0 Å². The summed E-state index contributed by atoms with van der Waals surface area (Å²) in [5.41, 5.74) is 0.446. The van der Waals surface area contributed by atoms with Gasteiger partial charge >= 0.3 is 29.6 Å². The molecule has 12 nitrogen and oxygen atoms in total. The molecule has 4 N–H and O–H groups in total. The fraction of sp³-hybridized carbons (Fsp3) is 0.600. The molecule has 1 amide bonds. The molecule has 1 aromatic heterocycles. The Kier molecular flexibility index (Phi) is 9.50. The summed E-state index contributed by atoms with van der Waals surface area (Å²) in [6.45, 7) is 0.573. The number of nitrogens with zero attached hydrogens (tertiary/aromatic N) is 3. The van der Waals surface area contributed by atoms with Crippen molar-refractivity contribution in [3.8, 4) is 0 Å². The fourth-order valence-corrected chi connectivity index (χ4v) is 2.75. The summed E-state index contributed by atoms with van der Waals surface area (Å²) in [5.74, 6) is -2.76. The van der Waals surface area contributed by atoms with Crippen molar-refractivity contribution < 1.29 is 69.0 Å². The molecule has 1 aromatic rings. The Bertz CT molecular complexity index is 712. The van der Waals surface area contributed by atoms with E-state index in [2.05, 4.69) is 15.6 Å². The van der Waals surface area contributed by atoms with E-state index in [4.69, 9.17) is 14.6 Å². The van der Waals surface area contributed by atoms with Crippen LogP contribution in [0.3, 0.4) is 0 Å². The zero-order chi connectivity index (χ0) is 20.1. The fourth-order valence-electron chi connectivity index (χ4n) is 2.75. The quantitative estimate of drug-likeness (QED) is 0.302. The van der Waals surface area contributed by atoms with Crippen molar-refractivity contribution in [2.24, 2.45) is 0 Å². The number of aliphatic carboxylic acids is 1. The summed E-state index contributed by atoms with van der Waals surface area (Å²) in [5, 5.41) is 50.8. The number of nitrogens with one attached hydrogen (secondary N) is 1. The normalized spacial score (nSPS) is 23.6. The second-order valence-electron chi connectivity index (χ2n) is 5.98. The molecule has 0 saturated carbocycles. The first-order valence-corrected chi connectivity index (χ1v) is 8.02. The minimum absolute atomic E-state index is 0. The second kappa shape index (κ2) is 10.9. The van der Waals surface area contributed by atoms with Gasteiger partial charge in [0, 0.05) is 14.0 Å². The number of aliphatic hydroxyl groups excluding tert-OH is 3. The number of carbonyl (C=O) groups excluding carboxylic acids is 2. The van der Waals surface area contributed by atoms with Crippen LogP contribution in [0, 0.1) is 0 Å². The topological polar surface area (TPSA) is 179 Å². The van der Waals surface area contributed by atoms with E-state index < -0.39 is 54.6 Å². The van der Waals surface area contributed by atoms with E-state index in [-0.39, 0.29) is 36.2 Å². The summed E-state index contributed by atoms with van der Waals surface area (Å²) >= 11 is 0. The molecular formula is C15H21N4NaO8. The van der Waals surface area contributed by atoms with Gasteiger partial charge in [-0.25, -0.2) is 4.68 Å². The second-order valence-corrected chi connectivity index (χ2v) is 5.98. The van der Waals surface area contributed by atoms with Gasteiger partial charge in [-0.05, 0) is 6.08 Å². The van der Waals surface area contributed by atoms with Gasteiger partial charge in [0.15, 0.2) is 0 Å². The summed E-state index contributed by atoms with van der Waals surface area (Å²) in [4.78, 5) is 23.0. The third-order valence-corrected chi connectivity index (χ3v) is 3.95. The number of hydrogen-bond donors (Lipinski definition) is 4. The van der Waals surface area contributed by atoms with Gasteiger partial charge in [0.2, 0.25) is 5.91 Å². The first-order valence-electron chi connectivity index (χ1n) is 8.02. The molecular weight excluding hydrogens is 387 g/mol. The molecule has 13 heteroatoms. The van der Waals surface area contributed by atoms with E-state index in [0.717, 1.165) is 6.08 Å². The molecule has 150 valence electrons. The van der Waals surface area contributed by atoms with Crippen LogP contribution in [0.5, 0.6) is 0 Å². The molecule has 5 atom stereocenters. The third kappa shape index (κ3) is 5.73. The molecule has 0 radical (unpaired) electrons. The van der Waals surface area contributed by atoms with Gasteiger partial charge in [0.05, 0.1) is 31.5 Å². The van der Waals surface area contributed by atoms with Gasteiger partial charge in [-0.2, -0.15) is 0 Å². The zero-order valence-electron chi connectivity index (χ0n) is 15.7. The largest absolute Gasteiger partial charge is 1.00 e. The standard InChI is InChI=1S/C15H22N4O8.Na/c1-7(21)16-12-9(19-4-8(6-26-2)17-18-19)3-11(15(24)25)27-14(12)13(23)10(22)5-20;/h3-4,9-10,12-14,20,22-23H,5-6H2,1-2H3,(H,16,21)(H,24,25);/q;+1/p-1/t9-,10+,12+,13+,14+;/m0./s1. The Labute approximate surface area is 182 Å². The van der Waals surface area contributed by atoms with Crippen molar-refractivity contribution in [3.63, 3.8) is 0 Å². The van der Waals surface area contributed by atoms with Crippen molar-refractivity contribution in [2.75, 3.05) is 13.7 Å². The van der Waals surface area contributed by atoms with Gasteiger partial charge in [0.25, 0.3) is 0 Å². The van der Waals surface area contributed by atoms with Gasteiger partial charge in [-0.1, -0.05) is 5.21 Å². The number of amides is 1. The SMILES string of the molecule is COCc1cn([C@H]2C=C(C(=O)[O-])O[C@@H]([C@H](O)[C@H](O)CO)[C@@H]2NC(C)=O)nn1.[Na+]. The van der Waals surface area contributed by atoms with E-state index >= 15 is 0 Å². The van der Waals surface area contributed by atoms with Crippen LogP contribution >= 0.6 is 0 Å². The number of methoxy groups -OCH3 is 1. The summed E-state index contributed by atoms with van der Waals surface area (Å²) < 4.78 is 11.5. The maximum Gasteiger partial charge on any atom is 1.00 e. The van der Waals surface area contributed by atoms with E-state index in [9.17, 15) is 24.9 Å². The maximum absolute atomic E-state index is 11.6. The molecule has 0 unspecified atom stereocenters. The third-order valence-electron chi connectivity index (χ3n) is 3.95. The van der Waals surface area contributed by atoms with Gasteiger partial charge in [-0.15, -0.1) is 5.10 Å². The molecule has 2 rings (SSSR count). The molecule has 28 heavy (non-hydrogen) atoms. The molecule has 0 spiro atoms. The Morgan fingerprint density at radius 1 is 1.46 bits per heavy atom. The number of ether oxygens (including phenoxy) is 2. The minimum atomic E-state index is -1.71. The summed E-state index contributed by atoms with van der Waals surface area (Å²) in [6.07, 6.45) is -2.12. The van der Waals surface area contributed by atoms with Crippen molar-refractivity contribution in [1.82, 2.24) is 20.3 Å². The Hall–Kier alpha value is -1.54. The van der Waals surface area contributed by atoms with E-state index in [0.29, 0.717) is 5.69 Å². The van der Waals surface area contributed by atoms with Crippen molar-refractivity contribution >= 4 is 11.9 Å². The van der Waals surface area contributed by atoms with Crippen LogP contribution in [-0.2, 0) is 25.7 Å². The molecule has 1 aliphatic rings. The number of hydrogen-bond acceptors (Lipinski definition) is 10. The zero-order valence-corrected chi connectivity index (χ0v) is 17.7. The molecule has 0 bridgehead atoms. The predicted octanol–water partition coefficient (Wildman–Crippen LogP) is -6.78. The average molecular weight is 408 g/mol. The average Bonchev–Trinajstić information content (AvgIpc) is 3.08. The van der Waals surface area contributed by atoms with E-state index in [1.165, 1.54) is 24.9 Å².